The monoisotopic (exact) mass is 913 g/mol. The van der Waals surface area contributed by atoms with Gasteiger partial charge >= 0.3 is 0 Å². The molecule has 0 aliphatic rings. The van der Waals surface area contributed by atoms with Crippen molar-refractivity contribution in [3.63, 3.8) is 0 Å². The van der Waals surface area contributed by atoms with Crippen molar-refractivity contribution in [3.05, 3.63) is 212 Å². The first kappa shape index (κ1) is 38.9. The number of hydrogen-bond donors (Lipinski definition) is 0. The zero-order chi connectivity index (χ0) is 45.9. The maximum Gasteiger partial charge on any atom is 0.164 e. The molecular weight excluding hydrogens is 879 g/mol. The number of aromatic nitrogens is 3. The summed E-state index contributed by atoms with van der Waals surface area (Å²) < 4.78 is 22.4. The molecule has 0 saturated heterocycles. The first-order valence-corrected chi connectivity index (χ1v) is 24.1. The van der Waals surface area contributed by atoms with Gasteiger partial charge in [0, 0.05) is 80.3 Å². The molecule has 0 amide bonds. The number of thiophene rings is 1. The summed E-state index contributed by atoms with van der Waals surface area (Å²) in [7, 11) is 0. The summed E-state index contributed by atoms with van der Waals surface area (Å²) in [4.78, 5) is 15.5. The van der Waals surface area contributed by atoms with E-state index in [1.54, 1.807) is 0 Å². The van der Waals surface area contributed by atoms with Crippen molar-refractivity contribution < 1.29 is 13.3 Å². The minimum absolute atomic E-state index is 0.557. The summed E-state index contributed by atoms with van der Waals surface area (Å²) in [5, 5.41) is 8.81. The van der Waals surface area contributed by atoms with E-state index in [1.807, 2.05) is 78.1 Å². The normalized spacial score (nSPS) is 12.0. The van der Waals surface area contributed by atoms with Gasteiger partial charge in [-0.25, -0.2) is 15.0 Å². The van der Waals surface area contributed by atoms with Crippen LogP contribution in [0.15, 0.2) is 226 Å². The van der Waals surface area contributed by atoms with E-state index in [0.717, 1.165) is 116 Å². The molecule has 0 N–H and O–H groups in total. The summed E-state index contributed by atoms with van der Waals surface area (Å²) in [6.07, 6.45) is 0. The lowest BCUT2D eigenvalue weighted by atomic mass is 9.93. The number of nitrogens with zero attached hydrogens (tertiary/aromatic N) is 3. The van der Waals surface area contributed by atoms with Gasteiger partial charge in [0.1, 0.15) is 33.5 Å². The highest BCUT2D eigenvalue weighted by atomic mass is 32.1. The van der Waals surface area contributed by atoms with E-state index in [-0.39, 0.29) is 0 Å². The van der Waals surface area contributed by atoms with Crippen molar-refractivity contribution in [2.75, 3.05) is 0 Å². The molecule has 326 valence electrons. The van der Waals surface area contributed by atoms with Gasteiger partial charge in [0.2, 0.25) is 0 Å². The Kier molecular flexibility index (Phi) is 8.43. The maximum absolute atomic E-state index is 6.80. The van der Waals surface area contributed by atoms with Gasteiger partial charge in [-0.3, -0.25) is 0 Å². The lowest BCUT2D eigenvalue weighted by Crippen LogP contribution is -2.00. The summed E-state index contributed by atoms with van der Waals surface area (Å²) in [6.45, 7) is 0. The fourth-order valence-electron chi connectivity index (χ4n) is 10.5. The van der Waals surface area contributed by atoms with Gasteiger partial charge < -0.3 is 13.3 Å². The molecule has 5 aromatic heterocycles. The predicted molar refractivity (Wildman–Crippen MR) is 287 cm³/mol. The van der Waals surface area contributed by atoms with Gasteiger partial charge in [-0.2, -0.15) is 0 Å². The highest BCUT2D eigenvalue weighted by Crippen LogP contribution is 2.46. The van der Waals surface area contributed by atoms with Crippen LogP contribution in [-0.2, 0) is 0 Å². The third kappa shape index (κ3) is 6.02. The predicted octanol–water partition coefficient (Wildman–Crippen LogP) is 17.9. The van der Waals surface area contributed by atoms with Gasteiger partial charge in [-0.05, 0) is 70.8 Å². The molecule has 5 heterocycles. The van der Waals surface area contributed by atoms with E-state index in [9.17, 15) is 0 Å². The second-order valence-electron chi connectivity index (χ2n) is 17.8. The van der Waals surface area contributed by atoms with Crippen LogP contribution in [0.25, 0.3) is 154 Å². The fraction of sp³-hybridized carbons (Fsp3) is 0. The van der Waals surface area contributed by atoms with E-state index in [2.05, 4.69) is 146 Å². The quantitative estimate of drug-likeness (QED) is 0.165. The van der Waals surface area contributed by atoms with Crippen molar-refractivity contribution in [2.24, 2.45) is 0 Å². The minimum atomic E-state index is 0.557. The molecule has 0 radical (unpaired) electrons. The second-order valence-corrected chi connectivity index (χ2v) is 18.9. The standard InChI is InChI=1S/C63H35N3O3S/c1-2-12-37(13-3-1)61-64-62(38-26-24-36(25-27-38)42-17-10-18-47-44-14-4-7-20-51(44)68-59(42)47)66-63(65-61)49-19-11-22-54-57(49)50-34-39(29-33-53(50)67-54)41-31-32-43(60-58(41)48-16-5-8-21-52(48)69-60)40-28-30-46-45-15-6-9-23-55(45)70-56(46)35-40/h1-35H. The first-order chi connectivity index (χ1) is 34.7. The summed E-state index contributed by atoms with van der Waals surface area (Å²) in [5.74, 6) is 1.72. The molecule has 0 saturated carbocycles. The molecule has 0 fully saturated rings. The molecule has 15 rings (SSSR count). The van der Waals surface area contributed by atoms with Crippen LogP contribution in [0.1, 0.15) is 0 Å². The van der Waals surface area contributed by atoms with Crippen molar-refractivity contribution in [1.29, 1.82) is 0 Å². The summed E-state index contributed by atoms with van der Waals surface area (Å²) in [5.41, 5.74) is 14.0. The van der Waals surface area contributed by atoms with Crippen molar-refractivity contribution in [2.45, 2.75) is 0 Å². The molecule has 15 aromatic rings. The van der Waals surface area contributed by atoms with E-state index >= 15 is 0 Å². The largest absolute Gasteiger partial charge is 0.456 e. The lowest BCUT2D eigenvalue weighted by Gasteiger charge is -2.10. The van der Waals surface area contributed by atoms with Crippen LogP contribution in [0.4, 0.5) is 0 Å². The van der Waals surface area contributed by atoms with Crippen LogP contribution in [0.5, 0.6) is 0 Å². The van der Waals surface area contributed by atoms with E-state index < -0.39 is 0 Å². The maximum atomic E-state index is 6.80. The second kappa shape index (κ2) is 15.2. The Morgan fingerprint density at radius 2 is 0.829 bits per heavy atom. The topological polar surface area (TPSA) is 78.1 Å². The van der Waals surface area contributed by atoms with Crippen LogP contribution < -0.4 is 0 Å². The number of hydrogen-bond acceptors (Lipinski definition) is 7. The van der Waals surface area contributed by atoms with E-state index in [0.29, 0.717) is 17.5 Å². The zero-order valence-electron chi connectivity index (χ0n) is 37.2. The summed E-state index contributed by atoms with van der Waals surface area (Å²) in [6, 6.07) is 73.8. The number of rotatable bonds is 6. The van der Waals surface area contributed by atoms with Crippen LogP contribution in [-0.4, -0.2) is 15.0 Å². The Bertz CT molecular complexity index is 4600. The molecule has 0 spiro atoms. The number of para-hydroxylation sites is 3. The number of furan rings is 3. The molecule has 0 aliphatic carbocycles. The number of benzene rings is 10. The Balaban J connectivity index is 0.873. The van der Waals surface area contributed by atoms with Gasteiger partial charge in [-0.15, -0.1) is 11.3 Å². The fourth-order valence-corrected chi connectivity index (χ4v) is 11.6. The van der Waals surface area contributed by atoms with Gasteiger partial charge in [0.15, 0.2) is 17.5 Å². The smallest absolute Gasteiger partial charge is 0.164 e. The Labute approximate surface area is 403 Å². The lowest BCUT2D eigenvalue weighted by molar-refractivity contribution is 0.669. The Morgan fingerprint density at radius 1 is 0.271 bits per heavy atom. The molecular formula is C63H35N3O3S. The molecule has 0 atom stereocenters. The molecule has 0 bridgehead atoms. The van der Waals surface area contributed by atoms with E-state index in [4.69, 9.17) is 28.2 Å². The Hall–Kier alpha value is -9.17. The first-order valence-electron chi connectivity index (χ1n) is 23.3. The Morgan fingerprint density at radius 3 is 1.69 bits per heavy atom. The van der Waals surface area contributed by atoms with Crippen molar-refractivity contribution in [1.82, 2.24) is 15.0 Å². The average Bonchev–Trinajstić information content (AvgIpc) is 4.21. The number of fused-ring (bicyclic) bond motifs is 12. The molecule has 6 nitrogen and oxygen atoms in total. The van der Waals surface area contributed by atoms with Crippen LogP contribution in [0.2, 0.25) is 0 Å². The average molecular weight is 914 g/mol. The highest BCUT2D eigenvalue weighted by molar-refractivity contribution is 7.25. The molecule has 0 unspecified atom stereocenters. The third-order valence-corrected chi connectivity index (χ3v) is 14.9. The van der Waals surface area contributed by atoms with E-state index in [1.165, 1.54) is 20.2 Å². The van der Waals surface area contributed by atoms with Crippen molar-refractivity contribution >= 4 is 97.3 Å². The molecule has 0 aliphatic heterocycles. The minimum Gasteiger partial charge on any atom is -0.456 e. The van der Waals surface area contributed by atoms with Crippen LogP contribution in [0, 0.1) is 0 Å². The SMILES string of the molecule is c1ccc(-c2nc(-c3ccc(-c4cccc5c4oc4ccccc45)cc3)nc(-c3cccc4oc5ccc(-c6ccc(-c7ccc8c(c7)sc7ccccc78)c7oc8ccccc8c67)cc5c34)n2)cc1. The molecule has 7 heteroatoms. The van der Waals surface area contributed by atoms with Crippen LogP contribution >= 0.6 is 11.3 Å². The highest BCUT2D eigenvalue weighted by Gasteiger charge is 2.22. The third-order valence-electron chi connectivity index (χ3n) is 13.8. The summed E-state index contributed by atoms with van der Waals surface area (Å²) >= 11 is 1.83. The van der Waals surface area contributed by atoms with Crippen LogP contribution in [0.3, 0.4) is 0 Å². The molecule has 70 heavy (non-hydrogen) atoms. The zero-order valence-corrected chi connectivity index (χ0v) is 38.0. The van der Waals surface area contributed by atoms with Crippen molar-refractivity contribution in [3.8, 4) is 67.5 Å². The van der Waals surface area contributed by atoms with Gasteiger partial charge in [-0.1, -0.05) is 164 Å². The van der Waals surface area contributed by atoms with Gasteiger partial charge in [0.25, 0.3) is 0 Å². The molecule has 10 aromatic carbocycles. The van der Waals surface area contributed by atoms with Gasteiger partial charge in [0.05, 0.1) is 0 Å².